The molecular weight excluding hydrogens is 184 g/mol. The summed E-state index contributed by atoms with van der Waals surface area (Å²) in [5.74, 6) is 0.675. The highest BCUT2D eigenvalue weighted by molar-refractivity contribution is 7.27. The first-order valence-electron chi connectivity index (χ1n) is 4.16. The van der Waals surface area contributed by atoms with Gasteiger partial charge < -0.3 is 0 Å². The van der Waals surface area contributed by atoms with E-state index in [-0.39, 0.29) is 0 Å². The maximum atomic E-state index is 2.34. The largest absolute Gasteiger partial charge is 0.143 e. The predicted molar refractivity (Wildman–Crippen MR) is 58.5 cm³/mol. The maximum absolute atomic E-state index is 2.34. The lowest BCUT2D eigenvalue weighted by Gasteiger charge is -1.96. The average Bonchev–Trinajstić information content (AvgIpc) is 2.53. The van der Waals surface area contributed by atoms with Crippen LogP contribution in [0.15, 0.2) is 11.4 Å². The van der Waals surface area contributed by atoms with Gasteiger partial charge in [-0.1, -0.05) is 13.8 Å². The van der Waals surface area contributed by atoms with Crippen LogP contribution in [0.3, 0.4) is 0 Å². The molecular formula is C10H12S2. The molecule has 2 rings (SSSR count). The third-order valence-corrected chi connectivity index (χ3v) is 4.75. The van der Waals surface area contributed by atoms with Gasteiger partial charge >= 0.3 is 0 Å². The van der Waals surface area contributed by atoms with Gasteiger partial charge in [0, 0.05) is 14.3 Å². The molecule has 0 aliphatic carbocycles. The molecule has 0 atom stereocenters. The first-order valence-corrected chi connectivity index (χ1v) is 5.85. The molecule has 0 aromatic carbocycles. The van der Waals surface area contributed by atoms with Gasteiger partial charge in [-0.05, 0) is 29.9 Å². The molecule has 64 valence electrons. The van der Waals surface area contributed by atoms with Crippen LogP contribution in [0.25, 0.3) is 9.40 Å². The highest BCUT2D eigenvalue weighted by atomic mass is 32.1. The maximum Gasteiger partial charge on any atom is 0.0482 e. The highest BCUT2D eigenvalue weighted by Gasteiger charge is 2.07. The smallest absolute Gasteiger partial charge is 0.0482 e. The van der Waals surface area contributed by atoms with Crippen LogP contribution in [0.5, 0.6) is 0 Å². The predicted octanol–water partition coefficient (Wildman–Crippen LogP) is 4.39. The van der Waals surface area contributed by atoms with Crippen molar-refractivity contribution in [2.45, 2.75) is 26.7 Å². The molecule has 0 unspecified atom stereocenters. The summed E-state index contributed by atoms with van der Waals surface area (Å²) in [7, 11) is 0. The van der Waals surface area contributed by atoms with Gasteiger partial charge in [-0.15, -0.1) is 22.7 Å². The summed E-state index contributed by atoms with van der Waals surface area (Å²) in [4.78, 5) is 1.51. The van der Waals surface area contributed by atoms with Crippen molar-refractivity contribution in [2.24, 2.45) is 0 Å². The van der Waals surface area contributed by atoms with Crippen LogP contribution in [0.1, 0.15) is 30.2 Å². The summed E-state index contributed by atoms with van der Waals surface area (Å²) < 4.78 is 2.95. The van der Waals surface area contributed by atoms with E-state index >= 15 is 0 Å². The SMILES string of the molecule is Cc1csc2cc(C(C)C)sc12. The van der Waals surface area contributed by atoms with E-state index in [0.29, 0.717) is 5.92 Å². The van der Waals surface area contributed by atoms with Crippen LogP contribution in [0, 0.1) is 6.92 Å². The van der Waals surface area contributed by atoms with Gasteiger partial charge in [0.1, 0.15) is 0 Å². The Morgan fingerprint density at radius 2 is 2.08 bits per heavy atom. The molecule has 2 heteroatoms. The number of hydrogen-bond acceptors (Lipinski definition) is 2. The van der Waals surface area contributed by atoms with Gasteiger partial charge in [-0.2, -0.15) is 0 Å². The molecule has 12 heavy (non-hydrogen) atoms. The third kappa shape index (κ3) is 1.19. The molecule has 2 heterocycles. The molecule has 0 radical (unpaired) electrons. The van der Waals surface area contributed by atoms with Gasteiger partial charge in [0.25, 0.3) is 0 Å². The van der Waals surface area contributed by atoms with Crippen LogP contribution in [0.4, 0.5) is 0 Å². The van der Waals surface area contributed by atoms with Gasteiger partial charge in [0.05, 0.1) is 0 Å². The van der Waals surface area contributed by atoms with Gasteiger partial charge in [0.2, 0.25) is 0 Å². The lowest BCUT2D eigenvalue weighted by molar-refractivity contribution is 0.891. The second kappa shape index (κ2) is 2.86. The molecule has 0 bridgehead atoms. The third-order valence-electron chi connectivity index (χ3n) is 2.01. The van der Waals surface area contributed by atoms with Crippen LogP contribution >= 0.6 is 22.7 Å². The van der Waals surface area contributed by atoms with Gasteiger partial charge in [-0.3, -0.25) is 0 Å². The molecule has 0 amide bonds. The normalized spacial score (nSPS) is 11.7. The average molecular weight is 196 g/mol. The van der Waals surface area contributed by atoms with Crippen molar-refractivity contribution >= 4 is 32.1 Å². The van der Waals surface area contributed by atoms with E-state index in [1.54, 1.807) is 0 Å². The van der Waals surface area contributed by atoms with E-state index in [1.807, 2.05) is 22.7 Å². The van der Waals surface area contributed by atoms with Crippen LogP contribution in [-0.4, -0.2) is 0 Å². The number of fused-ring (bicyclic) bond motifs is 1. The summed E-state index contributed by atoms with van der Waals surface area (Å²) in [5.41, 5.74) is 1.44. The molecule has 2 aromatic heterocycles. The molecule has 0 nitrogen and oxygen atoms in total. The second-order valence-corrected chi connectivity index (χ2v) is 5.41. The van der Waals surface area contributed by atoms with Crippen molar-refractivity contribution in [3.05, 3.63) is 21.9 Å². The van der Waals surface area contributed by atoms with Gasteiger partial charge in [0.15, 0.2) is 0 Å². The molecule has 0 aliphatic heterocycles. The Balaban J connectivity index is 2.63. The minimum Gasteiger partial charge on any atom is -0.143 e. The van der Waals surface area contributed by atoms with Crippen molar-refractivity contribution in [3.63, 3.8) is 0 Å². The van der Waals surface area contributed by atoms with E-state index in [9.17, 15) is 0 Å². The standard InChI is InChI=1S/C10H12S2/c1-6(2)8-4-9-10(12-8)7(3)5-11-9/h4-6H,1-3H3. The highest BCUT2D eigenvalue weighted by Crippen LogP contribution is 2.36. The number of thiophene rings is 2. The van der Waals surface area contributed by atoms with Crippen LogP contribution in [-0.2, 0) is 0 Å². The molecule has 0 aliphatic rings. The zero-order valence-corrected chi connectivity index (χ0v) is 9.18. The summed E-state index contributed by atoms with van der Waals surface area (Å²) in [6.07, 6.45) is 0. The Labute approximate surface area is 80.9 Å². The Hall–Kier alpha value is -0.340. The Kier molecular flexibility index (Phi) is 1.97. The van der Waals surface area contributed by atoms with E-state index in [2.05, 4.69) is 32.2 Å². The quantitative estimate of drug-likeness (QED) is 0.634. The molecule has 0 saturated carbocycles. The minimum absolute atomic E-state index is 0.675. The van der Waals surface area contributed by atoms with Crippen molar-refractivity contribution in [3.8, 4) is 0 Å². The fourth-order valence-electron chi connectivity index (χ4n) is 1.24. The molecule has 0 N–H and O–H groups in total. The zero-order chi connectivity index (χ0) is 8.72. The van der Waals surface area contributed by atoms with Crippen molar-refractivity contribution in [1.29, 1.82) is 0 Å². The monoisotopic (exact) mass is 196 g/mol. The molecule has 0 spiro atoms. The van der Waals surface area contributed by atoms with E-state index in [4.69, 9.17) is 0 Å². The zero-order valence-electron chi connectivity index (χ0n) is 7.55. The van der Waals surface area contributed by atoms with E-state index in [0.717, 1.165) is 0 Å². The lowest BCUT2D eigenvalue weighted by Crippen LogP contribution is -1.77. The Bertz CT molecular complexity index is 393. The summed E-state index contributed by atoms with van der Waals surface area (Å²) >= 11 is 3.81. The first-order chi connectivity index (χ1) is 5.68. The Morgan fingerprint density at radius 1 is 1.33 bits per heavy atom. The van der Waals surface area contributed by atoms with E-state index < -0.39 is 0 Å². The van der Waals surface area contributed by atoms with Crippen LogP contribution < -0.4 is 0 Å². The fourth-order valence-corrected chi connectivity index (χ4v) is 3.58. The summed E-state index contributed by atoms with van der Waals surface area (Å²) in [6.45, 7) is 6.70. The summed E-state index contributed by atoms with van der Waals surface area (Å²) in [6, 6.07) is 2.34. The lowest BCUT2D eigenvalue weighted by atomic mass is 10.2. The van der Waals surface area contributed by atoms with Crippen LogP contribution in [0.2, 0.25) is 0 Å². The number of aryl methyl sites for hydroxylation is 1. The second-order valence-electron chi connectivity index (χ2n) is 3.42. The molecule has 0 saturated heterocycles. The topological polar surface area (TPSA) is 0 Å². The number of hydrogen-bond donors (Lipinski definition) is 0. The number of rotatable bonds is 1. The van der Waals surface area contributed by atoms with Crippen molar-refractivity contribution in [1.82, 2.24) is 0 Å². The summed E-state index contributed by atoms with van der Waals surface area (Å²) in [5, 5.41) is 2.24. The minimum atomic E-state index is 0.675. The molecule has 0 fully saturated rings. The first kappa shape index (κ1) is 8.27. The molecule has 2 aromatic rings. The van der Waals surface area contributed by atoms with E-state index in [1.165, 1.54) is 19.8 Å². The fraction of sp³-hybridized carbons (Fsp3) is 0.400. The Morgan fingerprint density at radius 3 is 2.67 bits per heavy atom. The van der Waals surface area contributed by atoms with Crippen molar-refractivity contribution in [2.75, 3.05) is 0 Å². The van der Waals surface area contributed by atoms with Crippen molar-refractivity contribution < 1.29 is 0 Å². The van der Waals surface area contributed by atoms with Gasteiger partial charge in [-0.25, -0.2) is 0 Å².